The first kappa shape index (κ1) is 9.67. The topological polar surface area (TPSA) is 35.2 Å². The van der Waals surface area contributed by atoms with Crippen LogP contribution in [0.4, 0.5) is 0 Å². The van der Waals surface area contributed by atoms with Crippen LogP contribution in [0, 0.1) is 5.92 Å². The van der Waals surface area contributed by atoms with E-state index in [9.17, 15) is 0 Å². The number of ether oxygens (including phenoxy) is 1. The van der Waals surface area contributed by atoms with Crippen molar-refractivity contribution >= 4 is 15.9 Å². The van der Waals surface area contributed by atoms with Crippen LogP contribution in [-0.4, -0.2) is 6.61 Å². The Morgan fingerprint density at radius 3 is 2.93 bits per heavy atom. The third-order valence-electron chi connectivity index (χ3n) is 3.27. The van der Waals surface area contributed by atoms with Crippen LogP contribution in [0.5, 0.6) is 5.75 Å². The van der Waals surface area contributed by atoms with Crippen LogP contribution in [0.1, 0.15) is 30.0 Å². The summed E-state index contributed by atoms with van der Waals surface area (Å²) in [5.41, 5.74) is 8.74. The van der Waals surface area contributed by atoms with Gasteiger partial charge < -0.3 is 10.5 Å². The summed E-state index contributed by atoms with van der Waals surface area (Å²) in [4.78, 5) is 0. The fourth-order valence-electron chi connectivity index (χ4n) is 2.25. The molecular formula is C12H14BrNO. The quantitative estimate of drug-likeness (QED) is 0.895. The van der Waals surface area contributed by atoms with Gasteiger partial charge in [-0.15, -0.1) is 0 Å². The molecule has 1 aromatic rings. The summed E-state index contributed by atoms with van der Waals surface area (Å²) >= 11 is 3.54. The van der Waals surface area contributed by atoms with Crippen LogP contribution in [-0.2, 0) is 6.42 Å². The Labute approximate surface area is 97.9 Å². The van der Waals surface area contributed by atoms with E-state index in [1.165, 1.54) is 24.0 Å². The van der Waals surface area contributed by atoms with Crippen molar-refractivity contribution in [3.63, 3.8) is 0 Å². The number of fused-ring (bicyclic) bond motifs is 1. The highest BCUT2D eigenvalue weighted by atomic mass is 79.9. The third-order valence-corrected chi connectivity index (χ3v) is 3.72. The molecule has 80 valence electrons. The maximum absolute atomic E-state index is 6.24. The third kappa shape index (κ3) is 1.68. The monoisotopic (exact) mass is 267 g/mol. The van der Waals surface area contributed by atoms with Gasteiger partial charge in [0.15, 0.2) is 0 Å². The van der Waals surface area contributed by atoms with E-state index in [1.807, 2.05) is 0 Å². The average molecular weight is 268 g/mol. The fraction of sp³-hybridized carbons (Fsp3) is 0.500. The van der Waals surface area contributed by atoms with E-state index >= 15 is 0 Å². The molecule has 2 N–H and O–H groups in total. The van der Waals surface area contributed by atoms with Crippen LogP contribution in [0.2, 0.25) is 0 Å². The summed E-state index contributed by atoms with van der Waals surface area (Å²) < 4.78 is 6.81. The molecule has 1 aromatic carbocycles. The van der Waals surface area contributed by atoms with Gasteiger partial charge >= 0.3 is 0 Å². The predicted octanol–water partition coefficient (Wildman–Crippen LogP) is 2.79. The van der Waals surface area contributed by atoms with E-state index in [0.717, 1.165) is 23.2 Å². The van der Waals surface area contributed by atoms with Gasteiger partial charge in [0.1, 0.15) is 5.75 Å². The Balaban J connectivity index is 2.05. The van der Waals surface area contributed by atoms with Gasteiger partial charge in [-0.25, -0.2) is 0 Å². The molecule has 0 radical (unpaired) electrons. The van der Waals surface area contributed by atoms with E-state index in [0.29, 0.717) is 5.92 Å². The molecular weight excluding hydrogens is 254 g/mol. The lowest BCUT2D eigenvalue weighted by molar-refractivity contribution is 0.350. The second-order valence-corrected chi connectivity index (χ2v) is 5.36. The zero-order chi connectivity index (χ0) is 10.4. The second kappa shape index (κ2) is 3.49. The van der Waals surface area contributed by atoms with E-state index in [-0.39, 0.29) is 6.04 Å². The Morgan fingerprint density at radius 2 is 2.20 bits per heavy atom. The number of hydrogen-bond donors (Lipinski definition) is 1. The van der Waals surface area contributed by atoms with Crippen molar-refractivity contribution in [3.05, 3.63) is 27.7 Å². The largest absolute Gasteiger partial charge is 0.493 e. The Bertz CT molecular complexity index is 401. The molecule has 1 atom stereocenters. The van der Waals surface area contributed by atoms with Crippen LogP contribution in [0.25, 0.3) is 0 Å². The summed E-state index contributed by atoms with van der Waals surface area (Å²) in [7, 11) is 0. The Hall–Kier alpha value is -0.540. The van der Waals surface area contributed by atoms with E-state index in [2.05, 4.69) is 28.1 Å². The van der Waals surface area contributed by atoms with Crippen molar-refractivity contribution in [1.82, 2.24) is 0 Å². The van der Waals surface area contributed by atoms with Gasteiger partial charge in [0.05, 0.1) is 6.61 Å². The van der Waals surface area contributed by atoms with Crippen LogP contribution < -0.4 is 10.5 Å². The molecule has 0 amide bonds. The summed E-state index contributed by atoms with van der Waals surface area (Å²) in [6.45, 7) is 0.802. The molecule has 1 unspecified atom stereocenters. The molecule has 0 aromatic heterocycles. The first-order valence-electron chi connectivity index (χ1n) is 5.46. The normalized spacial score (nSPS) is 20.9. The smallest absolute Gasteiger partial charge is 0.127 e. The minimum absolute atomic E-state index is 0.161. The van der Waals surface area contributed by atoms with Crippen molar-refractivity contribution in [2.75, 3.05) is 6.61 Å². The van der Waals surface area contributed by atoms with Crippen molar-refractivity contribution in [3.8, 4) is 5.75 Å². The number of nitrogens with two attached hydrogens (primary N) is 1. The molecule has 1 heterocycles. The summed E-state index contributed by atoms with van der Waals surface area (Å²) in [5.74, 6) is 1.73. The zero-order valence-electron chi connectivity index (χ0n) is 8.50. The lowest BCUT2D eigenvalue weighted by Gasteiger charge is -2.15. The molecule has 2 nitrogen and oxygen atoms in total. The lowest BCUT2D eigenvalue weighted by Crippen LogP contribution is -2.13. The molecule has 1 aliphatic carbocycles. The Morgan fingerprint density at radius 1 is 1.40 bits per heavy atom. The lowest BCUT2D eigenvalue weighted by atomic mass is 9.99. The Kier molecular flexibility index (Phi) is 2.25. The number of hydrogen-bond acceptors (Lipinski definition) is 2. The van der Waals surface area contributed by atoms with Crippen molar-refractivity contribution in [2.45, 2.75) is 25.3 Å². The highest BCUT2D eigenvalue weighted by Gasteiger charge is 2.33. The molecule has 0 spiro atoms. The molecule has 1 fully saturated rings. The number of halogens is 1. The molecule has 15 heavy (non-hydrogen) atoms. The molecule has 2 aliphatic rings. The summed E-state index contributed by atoms with van der Waals surface area (Å²) in [6, 6.07) is 4.42. The number of benzene rings is 1. The van der Waals surface area contributed by atoms with Gasteiger partial charge in [-0.3, -0.25) is 0 Å². The van der Waals surface area contributed by atoms with Gasteiger partial charge in [0, 0.05) is 22.5 Å². The highest BCUT2D eigenvalue weighted by Crippen LogP contribution is 2.45. The maximum Gasteiger partial charge on any atom is 0.127 e. The van der Waals surface area contributed by atoms with Crippen LogP contribution in [0.3, 0.4) is 0 Å². The molecule has 0 bridgehead atoms. The van der Waals surface area contributed by atoms with Crippen LogP contribution >= 0.6 is 15.9 Å². The molecule has 3 heteroatoms. The van der Waals surface area contributed by atoms with Crippen molar-refractivity contribution < 1.29 is 4.74 Å². The first-order valence-corrected chi connectivity index (χ1v) is 6.25. The summed E-state index contributed by atoms with van der Waals surface area (Å²) in [5, 5.41) is 0. The van der Waals surface area contributed by atoms with Gasteiger partial charge in [0.2, 0.25) is 0 Å². The average Bonchev–Trinajstić information content (AvgIpc) is 2.96. The molecule has 3 rings (SSSR count). The maximum atomic E-state index is 6.24. The van der Waals surface area contributed by atoms with Crippen LogP contribution in [0.15, 0.2) is 16.6 Å². The highest BCUT2D eigenvalue weighted by molar-refractivity contribution is 9.10. The first-order chi connectivity index (χ1) is 7.25. The van der Waals surface area contributed by atoms with Gasteiger partial charge in [-0.2, -0.15) is 0 Å². The summed E-state index contributed by atoms with van der Waals surface area (Å²) in [6.07, 6.45) is 3.55. The second-order valence-electron chi connectivity index (χ2n) is 4.44. The minimum atomic E-state index is 0.161. The zero-order valence-corrected chi connectivity index (χ0v) is 10.1. The fourth-order valence-corrected chi connectivity index (χ4v) is 2.78. The molecule has 1 saturated carbocycles. The number of rotatable bonds is 2. The predicted molar refractivity (Wildman–Crippen MR) is 63.0 cm³/mol. The van der Waals surface area contributed by atoms with Crippen molar-refractivity contribution in [2.24, 2.45) is 11.7 Å². The van der Waals surface area contributed by atoms with Gasteiger partial charge in [-0.1, -0.05) is 15.9 Å². The van der Waals surface area contributed by atoms with E-state index < -0.39 is 0 Å². The van der Waals surface area contributed by atoms with E-state index in [4.69, 9.17) is 10.5 Å². The minimum Gasteiger partial charge on any atom is -0.493 e. The van der Waals surface area contributed by atoms with Gasteiger partial charge in [0.25, 0.3) is 0 Å². The SMILES string of the molecule is NC(c1cc(Br)cc2c1OCC2)C1CC1. The molecule has 1 aliphatic heterocycles. The molecule has 0 saturated heterocycles. The standard InChI is InChI=1S/C12H14BrNO/c13-9-5-8-3-4-15-12(8)10(6-9)11(14)7-1-2-7/h5-7,11H,1-4,14H2. The van der Waals surface area contributed by atoms with E-state index in [1.54, 1.807) is 0 Å². The van der Waals surface area contributed by atoms with Crippen molar-refractivity contribution in [1.29, 1.82) is 0 Å². The van der Waals surface area contributed by atoms with Gasteiger partial charge in [-0.05, 0) is 36.5 Å².